The van der Waals surface area contributed by atoms with E-state index in [9.17, 15) is 13.2 Å². The van der Waals surface area contributed by atoms with Crippen LogP contribution < -0.4 is 10.0 Å². The highest BCUT2D eigenvalue weighted by Gasteiger charge is 2.30. The third-order valence-electron chi connectivity index (χ3n) is 4.06. The molecule has 1 aliphatic rings. The van der Waals surface area contributed by atoms with Gasteiger partial charge in [0.15, 0.2) is 5.76 Å². The standard InChI is InChI=1S/C17H29N3O5S/c1-16(2,3)19-26(22,23)14-7-6-13(25-14)15(21)18-12-17(4,5)20-8-10-24-11-9-20/h6-7,19H,8-12H2,1-5H3,(H,18,21). The number of carbonyl (C=O) groups excluding carboxylic acids is 1. The molecule has 1 fully saturated rings. The maximum absolute atomic E-state index is 12.3. The molecule has 0 bridgehead atoms. The van der Waals surface area contributed by atoms with Crippen LogP contribution in [0.2, 0.25) is 0 Å². The van der Waals surface area contributed by atoms with Crippen LogP contribution in [0.25, 0.3) is 0 Å². The van der Waals surface area contributed by atoms with Gasteiger partial charge >= 0.3 is 0 Å². The van der Waals surface area contributed by atoms with Crippen molar-refractivity contribution in [1.82, 2.24) is 14.9 Å². The minimum Gasteiger partial charge on any atom is -0.438 e. The molecular weight excluding hydrogens is 358 g/mol. The molecule has 0 aliphatic carbocycles. The van der Waals surface area contributed by atoms with Crippen molar-refractivity contribution >= 4 is 15.9 Å². The number of hydrogen-bond donors (Lipinski definition) is 2. The highest BCUT2D eigenvalue weighted by Crippen LogP contribution is 2.18. The van der Waals surface area contributed by atoms with E-state index in [1.165, 1.54) is 12.1 Å². The van der Waals surface area contributed by atoms with Crippen molar-refractivity contribution in [3.63, 3.8) is 0 Å². The Kier molecular flexibility index (Phi) is 6.17. The first-order chi connectivity index (χ1) is 11.9. The molecule has 0 saturated carbocycles. The molecule has 9 heteroatoms. The van der Waals surface area contributed by atoms with Crippen LogP contribution in [0, 0.1) is 0 Å². The lowest BCUT2D eigenvalue weighted by Crippen LogP contribution is -2.55. The molecule has 1 amide bonds. The highest BCUT2D eigenvalue weighted by atomic mass is 32.2. The Bertz CT molecular complexity index is 728. The summed E-state index contributed by atoms with van der Waals surface area (Å²) in [5.74, 6) is -0.472. The van der Waals surface area contributed by atoms with Crippen LogP contribution in [-0.4, -0.2) is 63.2 Å². The minimum absolute atomic E-state index is 0.0305. The zero-order valence-corrected chi connectivity index (χ0v) is 16.9. The molecule has 2 N–H and O–H groups in total. The summed E-state index contributed by atoms with van der Waals surface area (Å²) in [6, 6.07) is 2.66. The smallest absolute Gasteiger partial charge is 0.287 e. The van der Waals surface area contributed by atoms with E-state index in [2.05, 4.69) is 14.9 Å². The first-order valence-corrected chi connectivity index (χ1v) is 10.1. The molecule has 1 saturated heterocycles. The normalized spacial score (nSPS) is 17.3. The molecule has 1 aliphatic heterocycles. The fourth-order valence-corrected chi connectivity index (χ4v) is 4.06. The monoisotopic (exact) mass is 387 g/mol. The van der Waals surface area contributed by atoms with Gasteiger partial charge in [0.25, 0.3) is 15.9 Å². The molecule has 26 heavy (non-hydrogen) atoms. The van der Waals surface area contributed by atoms with Gasteiger partial charge in [-0.3, -0.25) is 9.69 Å². The Balaban J connectivity index is 1.99. The molecule has 0 radical (unpaired) electrons. The van der Waals surface area contributed by atoms with Crippen LogP contribution in [-0.2, 0) is 14.8 Å². The van der Waals surface area contributed by atoms with Crippen LogP contribution in [0.3, 0.4) is 0 Å². The first-order valence-electron chi connectivity index (χ1n) is 8.66. The average molecular weight is 388 g/mol. The number of nitrogens with zero attached hydrogens (tertiary/aromatic N) is 1. The largest absolute Gasteiger partial charge is 0.438 e. The molecule has 148 valence electrons. The van der Waals surface area contributed by atoms with Gasteiger partial charge in [0.05, 0.1) is 13.2 Å². The second kappa shape index (κ2) is 7.67. The number of ether oxygens (including phenoxy) is 1. The number of hydrogen-bond acceptors (Lipinski definition) is 6. The van der Waals surface area contributed by atoms with Gasteiger partial charge in [-0.15, -0.1) is 0 Å². The van der Waals surface area contributed by atoms with E-state index in [-0.39, 0.29) is 16.4 Å². The van der Waals surface area contributed by atoms with Gasteiger partial charge in [-0.25, -0.2) is 13.1 Å². The fraction of sp³-hybridized carbons (Fsp3) is 0.706. The van der Waals surface area contributed by atoms with Crippen molar-refractivity contribution in [2.75, 3.05) is 32.8 Å². The summed E-state index contributed by atoms with van der Waals surface area (Å²) in [6.45, 7) is 12.7. The lowest BCUT2D eigenvalue weighted by Gasteiger charge is -2.40. The number of morpholine rings is 1. The van der Waals surface area contributed by atoms with Crippen molar-refractivity contribution in [2.45, 2.75) is 50.8 Å². The number of furan rings is 1. The lowest BCUT2D eigenvalue weighted by atomic mass is 10.0. The molecule has 0 unspecified atom stereocenters. The topological polar surface area (TPSA) is 101 Å². The lowest BCUT2D eigenvalue weighted by molar-refractivity contribution is -0.00931. The van der Waals surface area contributed by atoms with E-state index in [0.29, 0.717) is 19.8 Å². The molecule has 1 aromatic rings. The van der Waals surface area contributed by atoms with Crippen LogP contribution in [0.4, 0.5) is 0 Å². The highest BCUT2D eigenvalue weighted by molar-refractivity contribution is 7.89. The van der Waals surface area contributed by atoms with Gasteiger partial charge in [0.1, 0.15) is 0 Å². The predicted molar refractivity (Wildman–Crippen MR) is 97.6 cm³/mol. The van der Waals surface area contributed by atoms with Gasteiger partial charge in [0, 0.05) is 30.7 Å². The maximum Gasteiger partial charge on any atom is 0.287 e. The van der Waals surface area contributed by atoms with E-state index in [4.69, 9.17) is 9.15 Å². The van der Waals surface area contributed by atoms with Gasteiger partial charge in [-0.2, -0.15) is 0 Å². The van der Waals surface area contributed by atoms with E-state index >= 15 is 0 Å². The Hall–Kier alpha value is -1.42. The number of nitrogens with one attached hydrogen (secondary N) is 2. The van der Waals surface area contributed by atoms with Gasteiger partial charge in [-0.1, -0.05) is 0 Å². The van der Waals surface area contributed by atoms with Crippen molar-refractivity contribution < 1.29 is 22.4 Å². The van der Waals surface area contributed by atoms with Gasteiger partial charge in [-0.05, 0) is 46.8 Å². The van der Waals surface area contributed by atoms with E-state index in [0.717, 1.165) is 13.1 Å². The molecule has 2 rings (SSSR count). The molecule has 0 spiro atoms. The summed E-state index contributed by atoms with van der Waals surface area (Å²) >= 11 is 0. The number of amides is 1. The minimum atomic E-state index is -3.81. The quantitative estimate of drug-likeness (QED) is 0.761. The molecule has 8 nitrogen and oxygen atoms in total. The Morgan fingerprint density at radius 2 is 1.77 bits per heavy atom. The Morgan fingerprint density at radius 1 is 1.15 bits per heavy atom. The molecule has 2 heterocycles. The zero-order chi connectivity index (χ0) is 19.6. The summed E-state index contributed by atoms with van der Waals surface area (Å²) in [5.41, 5.74) is -0.884. The van der Waals surface area contributed by atoms with Crippen molar-refractivity contribution in [3.05, 3.63) is 17.9 Å². The second-order valence-electron chi connectivity index (χ2n) is 8.07. The van der Waals surface area contributed by atoms with Gasteiger partial charge < -0.3 is 14.5 Å². The third kappa shape index (κ3) is 5.54. The van der Waals surface area contributed by atoms with E-state index in [1.54, 1.807) is 20.8 Å². The van der Waals surface area contributed by atoms with E-state index in [1.807, 2.05) is 13.8 Å². The number of sulfonamides is 1. The SMILES string of the molecule is CC(C)(C)NS(=O)(=O)c1ccc(C(=O)NCC(C)(C)N2CCOCC2)o1. The van der Waals surface area contributed by atoms with Crippen LogP contribution in [0.1, 0.15) is 45.2 Å². The second-order valence-corrected chi connectivity index (χ2v) is 9.68. The summed E-state index contributed by atoms with van der Waals surface area (Å²) in [7, 11) is -3.81. The Labute approximate surface area is 155 Å². The fourth-order valence-electron chi connectivity index (χ4n) is 2.70. The number of carbonyl (C=O) groups is 1. The molecule has 1 aromatic heterocycles. The Morgan fingerprint density at radius 3 is 2.35 bits per heavy atom. The van der Waals surface area contributed by atoms with Crippen molar-refractivity contribution in [3.8, 4) is 0 Å². The third-order valence-corrected chi connectivity index (χ3v) is 5.69. The summed E-state index contributed by atoms with van der Waals surface area (Å²) in [4.78, 5) is 14.6. The van der Waals surface area contributed by atoms with Crippen molar-refractivity contribution in [2.24, 2.45) is 0 Å². The molecular formula is C17H29N3O5S. The van der Waals surface area contributed by atoms with E-state index < -0.39 is 21.5 Å². The summed E-state index contributed by atoms with van der Waals surface area (Å²) in [5, 5.41) is 2.55. The maximum atomic E-state index is 12.3. The van der Waals surface area contributed by atoms with Gasteiger partial charge in [0.2, 0.25) is 5.09 Å². The molecule has 0 aromatic carbocycles. The first kappa shape index (κ1) is 20.9. The number of rotatable bonds is 6. The molecule has 0 atom stereocenters. The van der Waals surface area contributed by atoms with Crippen LogP contribution >= 0.6 is 0 Å². The van der Waals surface area contributed by atoms with Crippen LogP contribution in [0.15, 0.2) is 21.6 Å². The summed E-state index contributed by atoms with van der Waals surface area (Å²) in [6.07, 6.45) is 0. The average Bonchev–Trinajstić information content (AvgIpc) is 3.02. The zero-order valence-electron chi connectivity index (χ0n) is 16.1. The van der Waals surface area contributed by atoms with Crippen molar-refractivity contribution in [1.29, 1.82) is 0 Å². The van der Waals surface area contributed by atoms with Crippen LogP contribution in [0.5, 0.6) is 0 Å². The predicted octanol–water partition coefficient (Wildman–Crippen LogP) is 1.20. The summed E-state index contributed by atoms with van der Waals surface area (Å²) < 4.78 is 37.6.